The molecule has 0 saturated heterocycles. The Bertz CT molecular complexity index is 666. The molecule has 0 spiro atoms. The molecule has 0 unspecified atom stereocenters. The fourth-order valence-corrected chi connectivity index (χ4v) is 2.14. The number of carbonyl (C=O) groups excluding carboxylic acids is 1. The fourth-order valence-electron chi connectivity index (χ4n) is 2.14. The summed E-state index contributed by atoms with van der Waals surface area (Å²) in [5.41, 5.74) is -3.44. The fraction of sp³-hybridized carbons (Fsp3) is 0.533. The molecular formula is C15H18F3N3O4. The van der Waals surface area contributed by atoms with Crippen molar-refractivity contribution in [1.82, 2.24) is 4.90 Å². The molecule has 0 fully saturated rings. The largest absolute Gasteiger partial charge is 0.462 e. The van der Waals surface area contributed by atoms with Crippen LogP contribution in [0, 0.1) is 0 Å². The van der Waals surface area contributed by atoms with Crippen LogP contribution in [0.1, 0.15) is 26.5 Å². The molecule has 0 saturated carbocycles. The number of esters is 1. The van der Waals surface area contributed by atoms with Crippen molar-refractivity contribution in [2.45, 2.75) is 32.6 Å². The van der Waals surface area contributed by atoms with Gasteiger partial charge in [-0.25, -0.2) is 4.79 Å². The lowest BCUT2D eigenvalue weighted by atomic mass is 10.1. The predicted molar refractivity (Wildman–Crippen MR) is 82.1 cm³/mol. The van der Waals surface area contributed by atoms with Crippen molar-refractivity contribution >= 4 is 17.9 Å². The van der Waals surface area contributed by atoms with Crippen LogP contribution in [0.2, 0.25) is 0 Å². The summed E-state index contributed by atoms with van der Waals surface area (Å²) in [7, 11) is 0. The topological polar surface area (TPSA) is 76.6 Å². The lowest BCUT2D eigenvalue weighted by Gasteiger charge is -2.33. The number of amidine groups is 1. The van der Waals surface area contributed by atoms with Crippen molar-refractivity contribution in [3.05, 3.63) is 24.2 Å². The van der Waals surface area contributed by atoms with E-state index in [0.29, 0.717) is 13.1 Å². The quantitative estimate of drug-likeness (QED) is 0.754. The van der Waals surface area contributed by atoms with Gasteiger partial charge in [0.15, 0.2) is 5.76 Å². The Labute approximate surface area is 142 Å². The molecule has 0 N–H and O–H groups in total. The van der Waals surface area contributed by atoms with Crippen molar-refractivity contribution in [3.63, 3.8) is 0 Å². The first-order chi connectivity index (χ1) is 11.8. The summed E-state index contributed by atoms with van der Waals surface area (Å²) >= 11 is 0. The highest BCUT2D eigenvalue weighted by atomic mass is 19.4. The molecule has 1 aliphatic heterocycles. The number of hydrogen-bond donors (Lipinski definition) is 0. The number of halogens is 3. The van der Waals surface area contributed by atoms with Gasteiger partial charge in [0.2, 0.25) is 0 Å². The van der Waals surface area contributed by atoms with Crippen molar-refractivity contribution in [1.29, 1.82) is 0 Å². The van der Waals surface area contributed by atoms with Crippen LogP contribution < -0.4 is 0 Å². The summed E-state index contributed by atoms with van der Waals surface area (Å²) in [6, 6.07) is 2.46. The second-order valence-electron chi connectivity index (χ2n) is 4.95. The number of aliphatic imine (C=N–C) groups is 2. The molecule has 138 valence electrons. The van der Waals surface area contributed by atoms with E-state index >= 15 is 0 Å². The van der Waals surface area contributed by atoms with Crippen LogP contribution in [0.25, 0.3) is 0 Å². The molecule has 1 aromatic heterocycles. The van der Waals surface area contributed by atoms with E-state index in [2.05, 4.69) is 14.7 Å². The first kappa shape index (κ1) is 18.8. The van der Waals surface area contributed by atoms with Crippen LogP contribution in [-0.4, -0.2) is 54.3 Å². The Kier molecular flexibility index (Phi) is 5.39. The minimum atomic E-state index is -5.13. The molecule has 0 aliphatic carbocycles. The monoisotopic (exact) mass is 361 g/mol. The third kappa shape index (κ3) is 3.47. The second kappa shape index (κ2) is 7.16. The van der Waals surface area contributed by atoms with E-state index in [0.717, 1.165) is 0 Å². The molecule has 0 aromatic carbocycles. The summed E-state index contributed by atoms with van der Waals surface area (Å²) in [6.07, 6.45) is -3.87. The number of carbonyl (C=O) groups is 1. The SMILES string of the molecule is CCOC(=O)[C@@]1(C(F)(F)F)N=C(c2ccco2)OC(N(CC)CC)=N1. The van der Waals surface area contributed by atoms with Gasteiger partial charge in [-0.2, -0.15) is 23.2 Å². The maximum absolute atomic E-state index is 13.8. The maximum atomic E-state index is 13.8. The predicted octanol–water partition coefficient (Wildman–Crippen LogP) is 2.58. The smallest absolute Gasteiger partial charge is 0.446 e. The first-order valence-corrected chi connectivity index (χ1v) is 7.69. The van der Waals surface area contributed by atoms with Gasteiger partial charge >= 0.3 is 17.8 Å². The number of rotatable bonds is 5. The average molecular weight is 361 g/mol. The zero-order valence-corrected chi connectivity index (χ0v) is 14.0. The van der Waals surface area contributed by atoms with Crippen molar-refractivity contribution < 1.29 is 31.9 Å². The molecule has 7 nitrogen and oxygen atoms in total. The second-order valence-corrected chi connectivity index (χ2v) is 4.95. The standard InChI is InChI=1S/C15H18F3N3O4/c1-4-21(5-2)13-20-14(15(16,17)18,12(22)23-6-3)19-11(25-13)10-8-7-9-24-10/h7-9H,4-6H2,1-3H3/t14-/m1/s1. The summed E-state index contributed by atoms with van der Waals surface area (Å²) in [4.78, 5) is 20.5. The minimum Gasteiger partial charge on any atom is -0.462 e. The number of hydrogen-bond acceptors (Lipinski definition) is 7. The van der Waals surface area contributed by atoms with Gasteiger partial charge in [-0.1, -0.05) is 0 Å². The average Bonchev–Trinajstić information content (AvgIpc) is 3.09. The Morgan fingerprint density at radius 2 is 1.96 bits per heavy atom. The number of alkyl halides is 3. The van der Waals surface area contributed by atoms with Gasteiger partial charge in [0.1, 0.15) is 0 Å². The van der Waals surface area contributed by atoms with E-state index in [-0.39, 0.29) is 18.4 Å². The Morgan fingerprint density at radius 3 is 2.44 bits per heavy atom. The highest BCUT2D eigenvalue weighted by Gasteiger charge is 2.65. The maximum Gasteiger partial charge on any atom is 0.446 e. The molecule has 2 heterocycles. The van der Waals surface area contributed by atoms with E-state index < -0.39 is 23.7 Å². The molecule has 25 heavy (non-hydrogen) atoms. The Balaban J connectivity index is 2.65. The van der Waals surface area contributed by atoms with Crippen molar-refractivity contribution in [2.24, 2.45) is 9.98 Å². The number of ether oxygens (including phenoxy) is 2. The molecule has 10 heteroatoms. The molecule has 1 aliphatic rings. The summed E-state index contributed by atoms with van der Waals surface area (Å²) in [6.45, 7) is 5.21. The number of furan rings is 1. The van der Waals surface area contributed by atoms with Gasteiger partial charge in [-0.3, -0.25) is 0 Å². The van der Waals surface area contributed by atoms with Gasteiger partial charge in [-0.15, -0.1) is 0 Å². The highest BCUT2D eigenvalue weighted by molar-refractivity contribution is 6.04. The summed E-state index contributed by atoms with van der Waals surface area (Å²) < 4.78 is 56.5. The van der Waals surface area contributed by atoms with Crippen LogP contribution in [0.4, 0.5) is 13.2 Å². The van der Waals surface area contributed by atoms with Gasteiger partial charge in [0.25, 0.3) is 11.9 Å². The van der Waals surface area contributed by atoms with Gasteiger partial charge < -0.3 is 18.8 Å². The third-order valence-corrected chi connectivity index (χ3v) is 3.43. The van der Waals surface area contributed by atoms with E-state index in [1.54, 1.807) is 13.8 Å². The van der Waals surface area contributed by atoms with E-state index in [1.165, 1.54) is 30.2 Å². The Morgan fingerprint density at radius 1 is 1.28 bits per heavy atom. The van der Waals surface area contributed by atoms with Crippen LogP contribution in [0.15, 0.2) is 32.8 Å². The molecule has 1 aromatic rings. The lowest BCUT2D eigenvalue weighted by Crippen LogP contribution is -2.55. The number of nitrogens with zero attached hydrogens (tertiary/aromatic N) is 3. The van der Waals surface area contributed by atoms with Crippen LogP contribution in [-0.2, 0) is 14.3 Å². The zero-order valence-electron chi connectivity index (χ0n) is 14.0. The Hall–Kier alpha value is -2.52. The first-order valence-electron chi connectivity index (χ1n) is 7.69. The summed E-state index contributed by atoms with van der Waals surface area (Å²) in [5.74, 6) is -2.18. The normalized spacial score (nSPS) is 20.4. The molecule has 0 radical (unpaired) electrons. The minimum absolute atomic E-state index is 0.0579. The molecule has 0 amide bonds. The van der Waals surface area contributed by atoms with Crippen molar-refractivity contribution in [3.8, 4) is 0 Å². The van der Waals surface area contributed by atoms with Crippen molar-refractivity contribution in [2.75, 3.05) is 19.7 Å². The molecular weight excluding hydrogens is 343 g/mol. The van der Waals surface area contributed by atoms with Gasteiger partial charge in [0.05, 0.1) is 12.9 Å². The molecule has 1 atom stereocenters. The van der Waals surface area contributed by atoms with Crippen LogP contribution in [0.3, 0.4) is 0 Å². The van der Waals surface area contributed by atoms with Crippen LogP contribution >= 0.6 is 0 Å². The lowest BCUT2D eigenvalue weighted by molar-refractivity contribution is -0.204. The summed E-state index contributed by atoms with van der Waals surface area (Å²) in [5, 5.41) is 0. The van der Waals surface area contributed by atoms with Crippen LogP contribution in [0.5, 0.6) is 0 Å². The molecule has 2 rings (SSSR count). The van der Waals surface area contributed by atoms with E-state index in [1.807, 2.05) is 0 Å². The molecule has 0 bridgehead atoms. The van der Waals surface area contributed by atoms with Gasteiger partial charge in [0, 0.05) is 13.1 Å². The highest BCUT2D eigenvalue weighted by Crippen LogP contribution is 2.39. The van der Waals surface area contributed by atoms with E-state index in [4.69, 9.17) is 9.15 Å². The third-order valence-electron chi connectivity index (χ3n) is 3.43. The van der Waals surface area contributed by atoms with E-state index in [9.17, 15) is 18.0 Å². The van der Waals surface area contributed by atoms with Gasteiger partial charge in [-0.05, 0) is 32.9 Å². The zero-order chi connectivity index (χ0) is 18.7.